The van der Waals surface area contributed by atoms with Gasteiger partial charge in [-0.3, -0.25) is 10.1 Å². The van der Waals surface area contributed by atoms with Gasteiger partial charge in [-0.1, -0.05) is 23.7 Å². The Hall–Kier alpha value is -1.99. The summed E-state index contributed by atoms with van der Waals surface area (Å²) in [7, 11) is 0. The van der Waals surface area contributed by atoms with Crippen LogP contribution in [0.15, 0.2) is 36.5 Å². The molecule has 1 aliphatic rings. The number of carbonyl (C=O) groups is 1. The number of nitrogens with zero attached hydrogens (tertiary/aromatic N) is 2. The van der Waals surface area contributed by atoms with E-state index in [2.05, 4.69) is 15.7 Å². The average Bonchev–Trinajstić information content (AvgIpc) is 3.06. The number of benzene rings is 1. The smallest absolute Gasteiger partial charge is 0.262 e. The molecule has 0 saturated carbocycles. The largest absolute Gasteiger partial charge is 0.308 e. The molecule has 1 fully saturated rings. The summed E-state index contributed by atoms with van der Waals surface area (Å²) in [5.41, 5.74) is 0.662. The van der Waals surface area contributed by atoms with Crippen molar-refractivity contribution in [3.63, 3.8) is 0 Å². The van der Waals surface area contributed by atoms with Gasteiger partial charge in [0, 0.05) is 18.7 Å². The molecule has 3 rings (SSSR count). The number of anilines is 1. The number of hydrogen-bond donors (Lipinski definition) is 2. The minimum Gasteiger partial charge on any atom is -0.308 e. The van der Waals surface area contributed by atoms with E-state index in [9.17, 15) is 13.6 Å². The average molecular weight is 327 g/mol. The summed E-state index contributed by atoms with van der Waals surface area (Å²) in [6, 6.07) is 7.77. The number of hydrogen-bond acceptors (Lipinski definition) is 3. The van der Waals surface area contributed by atoms with Crippen molar-refractivity contribution in [2.45, 2.75) is 18.4 Å². The van der Waals surface area contributed by atoms with Crippen LogP contribution in [-0.2, 0) is 4.79 Å². The lowest BCUT2D eigenvalue weighted by atomic mass is 10.2. The van der Waals surface area contributed by atoms with Gasteiger partial charge in [-0.15, -0.1) is 0 Å². The second kappa shape index (κ2) is 5.66. The quantitative estimate of drug-likeness (QED) is 0.911. The summed E-state index contributed by atoms with van der Waals surface area (Å²) >= 11 is 6.07. The van der Waals surface area contributed by atoms with Crippen LogP contribution in [0.3, 0.4) is 0 Å². The molecular weight excluding hydrogens is 314 g/mol. The van der Waals surface area contributed by atoms with Crippen molar-refractivity contribution < 1.29 is 13.6 Å². The fraction of sp³-hybridized carbons (Fsp3) is 0.286. The predicted octanol–water partition coefficient (Wildman–Crippen LogP) is 2.46. The van der Waals surface area contributed by atoms with E-state index in [1.807, 2.05) is 6.07 Å². The van der Waals surface area contributed by atoms with Crippen LogP contribution in [0.1, 0.15) is 6.42 Å². The molecule has 116 valence electrons. The second-order valence-corrected chi connectivity index (χ2v) is 5.49. The minimum atomic E-state index is -2.85. The maximum Gasteiger partial charge on any atom is 0.262 e. The lowest BCUT2D eigenvalue weighted by Gasteiger charge is -2.09. The van der Waals surface area contributed by atoms with Crippen LogP contribution in [0.2, 0.25) is 5.02 Å². The first-order valence-corrected chi connectivity index (χ1v) is 7.05. The summed E-state index contributed by atoms with van der Waals surface area (Å²) in [4.78, 5) is 11.9. The molecule has 0 bridgehead atoms. The number of alkyl halides is 2. The van der Waals surface area contributed by atoms with E-state index >= 15 is 0 Å². The van der Waals surface area contributed by atoms with E-state index in [1.54, 1.807) is 30.5 Å². The van der Waals surface area contributed by atoms with Crippen molar-refractivity contribution in [3.05, 3.63) is 41.6 Å². The van der Waals surface area contributed by atoms with Crippen molar-refractivity contribution in [2.75, 3.05) is 11.9 Å². The fourth-order valence-electron chi connectivity index (χ4n) is 2.28. The number of aromatic nitrogens is 2. The standard InChI is InChI=1S/C14H13ClF2N4O/c15-9-3-1-2-4-11(9)21-6-5-12(20-21)19-13(22)10-7-14(16,17)8-18-10/h1-6,10,18H,7-8H2,(H,19,20,22). The molecular formula is C14H13ClF2N4O. The SMILES string of the molecule is O=C(Nc1ccn(-c2ccccc2Cl)n1)C1CC(F)(F)CN1. The molecule has 0 radical (unpaired) electrons. The van der Waals surface area contributed by atoms with E-state index in [-0.39, 0.29) is 5.82 Å². The number of para-hydroxylation sites is 1. The Morgan fingerprint density at radius 3 is 2.86 bits per heavy atom. The van der Waals surface area contributed by atoms with Crippen molar-refractivity contribution in [1.82, 2.24) is 15.1 Å². The number of carbonyl (C=O) groups excluding carboxylic acids is 1. The zero-order valence-electron chi connectivity index (χ0n) is 11.4. The van der Waals surface area contributed by atoms with E-state index in [4.69, 9.17) is 11.6 Å². The molecule has 1 aliphatic heterocycles. The lowest BCUT2D eigenvalue weighted by Crippen LogP contribution is -2.35. The Labute approximate surface area is 130 Å². The monoisotopic (exact) mass is 326 g/mol. The Balaban J connectivity index is 1.70. The Bertz CT molecular complexity index is 704. The molecule has 1 amide bonds. The molecule has 2 aromatic rings. The molecule has 2 heterocycles. The normalized spacial score (nSPS) is 20.0. The van der Waals surface area contributed by atoms with Gasteiger partial charge in [-0.25, -0.2) is 13.5 Å². The van der Waals surface area contributed by atoms with Crippen LogP contribution in [0.4, 0.5) is 14.6 Å². The first-order chi connectivity index (χ1) is 10.4. The van der Waals surface area contributed by atoms with Gasteiger partial charge in [0.1, 0.15) is 0 Å². The van der Waals surface area contributed by atoms with Gasteiger partial charge in [0.05, 0.1) is 23.3 Å². The van der Waals surface area contributed by atoms with Crippen molar-refractivity contribution in [3.8, 4) is 5.69 Å². The summed E-state index contributed by atoms with van der Waals surface area (Å²) in [6.07, 6.45) is 1.12. The van der Waals surface area contributed by atoms with E-state index < -0.39 is 30.8 Å². The molecule has 1 unspecified atom stereocenters. The highest BCUT2D eigenvalue weighted by Gasteiger charge is 2.42. The Morgan fingerprint density at radius 1 is 1.41 bits per heavy atom. The Kier molecular flexibility index (Phi) is 3.84. The van der Waals surface area contributed by atoms with Crippen LogP contribution in [0, 0.1) is 0 Å². The third kappa shape index (κ3) is 3.10. The van der Waals surface area contributed by atoms with Gasteiger partial charge in [0.2, 0.25) is 5.91 Å². The van der Waals surface area contributed by atoms with E-state index in [1.165, 1.54) is 4.68 Å². The zero-order chi connectivity index (χ0) is 15.7. The van der Waals surface area contributed by atoms with Crippen LogP contribution in [0.25, 0.3) is 5.69 Å². The van der Waals surface area contributed by atoms with Gasteiger partial charge < -0.3 is 5.32 Å². The molecule has 2 N–H and O–H groups in total. The van der Waals surface area contributed by atoms with Crippen LogP contribution in [-0.4, -0.2) is 34.2 Å². The van der Waals surface area contributed by atoms with Gasteiger partial charge >= 0.3 is 0 Å². The molecule has 22 heavy (non-hydrogen) atoms. The molecule has 1 atom stereocenters. The van der Waals surface area contributed by atoms with Gasteiger partial charge in [-0.2, -0.15) is 5.10 Å². The second-order valence-electron chi connectivity index (χ2n) is 5.08. The highest BCUT2D eigenvalue weighted by Crippen LogP contribution is 2.26. The van der Waals surface area contributed by atoms with Gasteiger partial charge in [-0.05, 0) is 12.1 Å². The third-order valence-corrected chi connectivity index (χ3v) is 3.69. The topological polar surface area (TPSA) is 59.0 Å². The number of rotatable bonds is 3. The Morgan fingerprint density at radius 2 is 2.18 bits per heavy atom. The lowest BCUT2D eigenvalue weighted by molar-refractivity contribution is -0.118. The maximum absolute atomic E-state index is 13.1. The highest BCUT2D eigenvalue weighted by atomic mass is 35.5. The van der Waals surface area contributed by atoms with E-state index in [0.717, 1.165) is 0 Å². The van der Waals surface area contributed by atoms with Crippen molar-refractivity contribution in [1.29, 1.82) is 0 Å². The van der Waals surface area contributed by atoms with Gasteiger partial charge in [0.25, 0.3) is 5.92 Å². The van der Waals surface area contributed by atoms with E-state index in [0.29, 0.717) is 10.7 Å². The summed E-state index contributed by atoms with van der Waals surface area (Å²) < 4.78 is 27.7. The van der Waals surface area contributed by atoms with Crippen molar-refractivity contribution in [2.24, 2.45) is 0 Å². The number of halogens is 3. The minimum absolute atomic E-state index is 0.280. The first kappa shape index (κ1) is 14.9. The highest BCUT2D eigenvalue weighted by molar-refractivity contribution is 6.32. The summed E-state index contributed by atoms with van der Waals surface area (Å²) in [5, 5.41) is 9.71. The molecule has 1 aromatic heterocycles. The molecule has 8 heteroatoms. The van der Waals surface area contributed by atoms with Crippen LogP contribution in [0.5, 0.6) is 0 Å². The molecule has 5 nitrogen and oxygen atoms in total. The molecule has 0 spiro atoms. The third-order valence-electron chi connectivity index (χ3n) is 3.37. The van der Waals surface area contributed by atoms with Crippen LogP contribution >= 0.6 is 11.6 Å². The maximum atomic E-state index is 13.1. The predicted molar refractivity (Wildman–Crippen MR) is 78.6 cm³/mol. The first-order valence-electron chi connectivity index (χ1n) is 6.67. The van der Waals surface area contributed by atoms with Gasteiger partial charge in [0.15, 0.2) is 5.82 Å². The summed E-state index contributed by atoms with van der Waals surface area (Å²) in [6.45, 7) is -0.487. The summed E-state index contributed by atoms with van der Waals surface area (Å²) in [5.74, 6) is -3.10. The molecule has 1 aromatic carbocycles. The molecule has 1 saturated heterocycles. The molecule has 0 aliphatic carbocycles. The van der Waals surface area contributed by atoms with Crippen LogP contribution < -0.4 is 10.6 Å². The number of amides is 1. The van der Waals surface area contributed by atoms with Crippen molar-refractivity contribution >= 4 is 23.3 Å². The number of nitrogens with one attached hydrogen (secondary N) is 2. The zero-order valence-corrected chi connectivity index (χ0v) is 12.1. The fourth-order valence-corrected chi connectivity index (χ4v) is 2.50.